The standard InChI is InChI=1S/C23H27FIN5O4/c1-23(2,3)34-22(31)29-9-7-15(8-10-29)30-18-12-17(26-27-20(18)21(25)28-30)16-11-14(24)5-6-19(16)33-13-32-4/h5-6,11-12,15H,7-10,13H2,1-4H3. The molecule has 11 heteroatoms. The van der Waals surface area contributed by atoms with Crippen molar-refractivity contribution in [2.75, 3.05) is 27.0 Å². The number of ether oxygens (including phenoxy) is 3. The Labute approximate surface area is 210 Å². The highest BCUT2D eigenvalue weighted by Crippen LogP contribution is 2.33. The van der Waals surface area contributed by atoms with Crippen molar-refractivity contribution in [3.05, 3.63) is 33.8 Å². The molecule has 0 N–H and O–H groups in total. The summed E-state index contributed by atoms with van der Waals surface area (Å²) in [5, 5.41) is 13.4. The van der Waals surface area contributed by atoms with Gasteiger partial charge in [-0.25, -0.2) is 9.18 Å². The minimum absolute atomic E-state index is 0.0281. The molecular weight excluding hydrogens is 556 g/mol. The summed E-state index contributed by atoms with van der Waals surface area (Å²) in [6.07, 6.45) is 1.16. The van der Waals surface area contributed by atoms with Crippen molar-refractivity contribution in [2.45, 2.75) is 45.3 Å². The van der Waals surface area contributed by atoms with Crippen LogP contribution in [0, 0.1) is 9.52 Å². The van der Waals surface area contributed by atoms with Crippen LogP contribution in [0.5, 0.6) is 5.75 Å². The van der Waals surface area contributed by atoms with Gasteiger partial charge in [0.2, 0.25) is 0 Å². The van der Waals surface area contributed by atoms with Crippen LogP contribution in [0.15, 0.2) is 24.3 Å². The van der Waals surface area contributed by atoms with E-state index in [0.29, 0.717) is 35.6 Å². The Bertz CT molecular complexity index is 1190. The van der Waals surface area contributed by atoms with Crippen molar-refractivity contribution in [1.29, 1.82) is 0 Å². The van der Waals surface area contributed by atoms with E-state index in [2.05, 4.69) is 32.8 Å². The number of amides is 1. The van der Waals surface area contributed by atoms with E-state index in [1.807, 2.05) is 31.5 Å². The average molecular weight is 583 g/mol. The van der Waals surface area contributed by atoms with Crippen LogP contribution in [0.25, 0.3) is 22.3 Å². The van der Waals surface area contributed by atoms with Crippen LogP contribution in [-0.4, -0.2) is 63.6 Å². The third-order valence-electron chi connectivity index (χ3n) is 5.42. The van der Waals surface area contributed by atoms with Gasteiger partial charge >= 0.3 is 6.09 Å². The van der Waals surface area contributed by atoms with Crippen LogP contribution >= 0.6 is 22.6 Å². The molecule has 1 aliphatic rings. The first kappa shape index (κ1) is 24.6. The molecule has 1 saturated heterocycles. The maximum atomic E-state index is 14.1. The number of hydrogen-bond acceptors (Lipinski definition) is 7. The fourth-order valence-electron chi connectivity index (χ4n) is 3.88. The molecule has 0 bridgehead atoms. The van der Waals surface area contributed by atoms with Crippen LogP contribution in [0.2, 0.25) is 0 Å². The van der Waals surface area contributed by atoms with E-state index in [9.17, 15) is 9.18 Å². The van der Waals surface area contributed by atoms with Gasteiger partial charge in [-0.2, -0.15) is 5.10 Å². The lowest BCUT2D eigenvalue weighted by Gasteiger charge is -2.33. The molecule has 1 aromatic carbocycles. The Morgan fingerprint density at radius 2 is 1.94 bits per heavy atom. The number of piperidine rings is 1. The van der Waals surface area contributed by atoms with E-state index >= 15 is 0 Å². The Kier molecular flexibility index (Phi) is 7.22. The minimum atomic E-state index is -0.528. The molecule has 1 fully saturated rings. The number of hydrogen-bond donors (Lipinski definition) is 0. The van der Waals surface area contributed by atoms with Crippen molar-refractivity contribution in [3.63, 3.8) is 0 Å². The van der Waals surface area contributed by atoms with Crippen molar-refractivity contribution < 1.29 is 23.4 Å². The lowest BCUT2D eigenvalue weighted by atomic mass is 10.1. The minimum Gasteiger partial charge on any atom is -0.467 e. The number of benzene rings is 1. The van der Waals surface area contributed by atoms with Crippen molar-refractivity contribution in [2.24, 2.45) is 0 Å². The molecule has 0 atom stereocenters. The Hall–Kier alpha value is -2.54. The van der Waals surface area contributed by atoms with E-state index in [1.165, 1.54) is 19.2 Å². The number of likely N-dealkylation sites (tertiary alicyclic amines) is 1. The van der Waals surface area contributed by atoms with Crippen LogP contribution in [-0.2, 0) is 9.47 Å². The molecule has 182 valence electrons. The van der Waals surface area contributed by atoms with Gasteiger partial charge in [0.05, 0.1) is 17.3 Å². The quantitative estimate of drug-likeness (QED) is 0.315. The van der Waals surface area contributed by atoms with Gasteiger partial charge in [-0.1, -0.05) is 0 Å². The van der Waals surface area contributed by atoms with Gasteiger partial charge in [0.15, 0.2) is 10.5 Å². The van der Waals surface area contributed by atoms with Crippen LogP contribution in [0.4, 0.5) is 9.18 Å². The van der Waals surface area contributed by atoms with Crippen LogP contribution in [0.3, 0.4) is 0 Å². The van der Waals surface area contributed by atoms with Gasteiger partial charge in [-0.05, 0) is 80.5 Å². The zero-order valence-corrected chi connectivity index (χ0v) is 21.7. The lowest BCUT2D eigenvalue weighted by molar-refractivity contribution is 0.0186. The molecule has 34 heavy (non-hydrogen) atoms. The zero-order valence-electron chi connectivity index (χ0n) is 19.5. The largest absolute Gasteiger partial charge is 0.467 e. The second-order valence-electron chi connectivity index (χ2n) is 9.09. The molecular formula is C23H27FIN5O4. The van der Waals surface area contributed by atoms with Crippen LogP contribution < -0.4 is 4.74 Å². The smallest absolute Gasteiger partial charge is 0.410 e. The van der Waals surface area contributed by atoms with Gasteiger partial charge in [0, 0.05) is 25.8 Å². The van der Waals surface area contributed by atoms with E-state index < -0.39 is 11.4 Å². The number of methoxy groups -OCH3 is 1. The third kappa shape index (κ3) is 5.40. The Morgan fingerprint density at radius 3 is 2.62 bits per heavy atom. The number of carbonyl (C=O) groups excluding carboxylic acids is 1. The summed E-state index contributed by atoms with van der Waals surface area (Å²) in [5.41, 5.74) is 1.90. The number of carbonyl (C=O) groups is 1. The molecule has 3 heterocycles. The summed E-state index contributed by atoms with van der Waals surface area (Å²) >= 11 is 2.14. The maximum Gasteiger partial charge on any atom is 0.410 e. The fraction of sp³-hybridized carbons (Fsp3) is 0.478. The molecule has 0 saturated carbocycles. The number of aromatic nitrogens is 4. The van der Waals surface area contributed by atoms with Crippen molar-refractivity contribution in [3.8, 4) is 17.0 Å². The summed E-state index contributed by atoms with van der Waals surface area (Å²) < 4.78 is 32.8. The first-order chi connectivity index (χ1) is 16.2. The lowest BCUT2D eigenvalue weighted by Crippen LogP contribution is -2.42. The molecule has 1 amide bonds. The molecule has 3 aromatic rings. The number of rotatable bonds is 5. The topological polar surface area (TPSA) is 91.6 Å². The van der Waals surface area contributed by atoms with Gasteiger partial charge in [-0.15, -0.1) is 10.2 Å². The van der Waals surface area contributed by atoms with Crippen LogP contribution in [0.1, 0.15) is 39.7 Å². The van der Waals surface area contributed by atoms with E-state index in [0.717, 1.165) is 22.1 Å². The molecule has 1 aliphatic heterocycles. The second-order valence-corrected chi connectivity index (χ2v) is 10.1. The summed E-state index contributed by atoms with van der Waals surface area (Å²) in [4.78, 5) is 14.2. The van der Waals surface area contributed by atoms with E-state index in [4.69, 9.17) is 19.3 Å². The second kappa shape index (κ2) is 9.98. The highest BCUT2D eigenvalue weighted by Gasteiger charge is 2.29. The summed E-state index contributed by atoms with van der Waals surface area (Å²) in [6.45, 7) is 6.75. The van der Waals surface area contributed by atoms with Gasteiger partial charge < -0.3 is 19.1 Å². The monoisotopic (exact) mass is 583 g/mol. The number of nitrogens with zero attached hydrogens (tertiary/aromatic N) is 5. The first-order valence-corrected chi connectivity index (χ1v) is 12.0. The summed E-state index contributed by atoms with van der Waals surface area (Å²) in [7, 11) is 1.52. The highest BCUT2D eigenvalue weighted by atomic mass is 127. The summed E-state index contributed by atoms with van der Waals surface area (Å²) in [6, 6.07) is 6.17. The fourth-order valence-corrected chi connectivity index (χ4v) is 4.50. The van der Waals surface area contributed by atoms with Crippen molar-refractivity contribution in [1.82, 2.24) is 24.9 Å². The van der Waals surface area contributed by atoms with E-state index in [-0.39, 0.29) is 18.9 Å². The molecule has 0 aliphatic carbocycles. The predicted octanol–water partition coefficient (Wildman–Crippen LogP) is 4.79. The highest BCUT2D eigenvalue weighted by molar-refractivity contribution is 14.1. The molecule has 9 nitrogen and oxygen atoms in total. The normalized spacial score (nSPS) is 15.1. The van der Waals surface area contributed by atoms with Gasteiger partial charge in [-0.3, -0.25) is 4.68 Å². The molecule has 0 spiro atoms. The van der Waals surface area contributed by atoms with Gasteiger partial charge in [0.1, 0.15) is 22.7 Å². The Balaban J connectivity index is 1.61. The zero-order chi connectivity index (χ0) is 24.5. The summed E-state index contributed by atoms with van der Waals surface area (Å²) in [5.74, 6) is 0.0441. The molecule has 0 radical (unpaired) electrons. The van der Waals surface area contributed by atoms with Crippen molar-refractivity contribution >= 4 is 39.7 Å². The average Bonchev–Trinajstić information content (AvgIpc) is 3.13. The van der Waals surface area contributed by atoms with Gasteiger partial charge in [0.25, 0.3) is 0 Å². The maximum absolute atomic E-state index is 14.1. The predicted molar refractivity (Wildman–Crippen MR) is 132 cm³/mol. The number of fused-ring (bicyclic) bond motifs is 1. The third-order valence-corrected chi connectivity index (χ3v) is 6.15. The first-order valence-electron chi connectivity index (χ1n) is 11.0. The van der Waals surface area contributed by atoms with E-state index in [1.54, 1.807) is 11.0 Å². The molecule has 2 aromatic heterocycles. The molecule has 0 unspecified atom stereocenters. The molecule has 4 rings (SSSR count). The SMILES string of the molecule is COCOc1ccc(F)cc1-c1cc2c(nn1)c(I)nn2C1CCN(C(=O)OC(C)(C)C)CC1. The number of halogens is 2. The Morgan fingerprint density at radius 1 is 1.21 bits per heavy atom.